The summed E-state index contributed by atoms with van der Waals surface area (Å²) in [6.07, 6.45) is 0.246. The molecule has 25 heavy (non-hydrogen) atoms. The fourth-order valence-electron chi connectivity index (χ4n) is 2.93. The van der Waals surface area contributed by atoms with Crippen molar-refractivity contribution in [2.75, 3.05) is 33.3 Å². The zero-order valence-corrected chi connectivity index (χ0v) is 16.4. The second-order valence-electron chi connectivity index (χ2n) is 7.51. The molecular formula is C19H27ClN2O3. The fraction of sp³-hybridized carbons (Fsp3) is 0.579. The molecular weight excluding hydrogens is 340 g/mol. The van der Waals surface area contributed by atoms with Crippen molar-refractivity contribution in [2.24, 2.45) is 5.41 Å². The Balaban J connectivity index is 2.00. The van der Waals surface area contributed by atoms with E-state index in [0.29, 0.717) is 37.0 Å². The molecule has 0 atom stereocenters. The molecule has 1 aromatic rings. The lowest BCUT2D eigenvalue weighted by Crippen LogP contribution is -2.53. The largest absolute Gasteiger partial charge is 0.496 e. The van der Waals surface area contributed by atoms with Gasteiger partial charge in [0.1, 0.15) is 5.75 Å². The molecule has 1 aliphatic rings. The van der Waals surface area contributed by atoms with Gasteiger partial charge in [-0.05, 0) is 24.6 Å². The Labute approximate surface area is 154 Å². The zero-order valence-electron chi connectivity index (χ0n) is 15.7. The molecule has 0 aliphatic carbocycles. The van der Waals surface area contributed by atoms with E-state index in [0.717, 1.165) is 11.1 Å². The van der Waals surface area contributed by atoms with E-state index in [4.69, 9.17) is 16.3 Å². The van der Waals surface area contributed by atoms with Crippen molar-refractivity contribution in [3.8, 4) is 5.75 Å². The van der Waals surface area contributed by atoms with Crippen LogP contribution in [0.15, 0.2) is 12.1 Å². The quantitative estimate of drug-likeness (QED) is 0.826. The maximum atomic E-state index is 12.6. The average Bonchev–Trinajstić information content (AvgIpc) is 2.56. The van der Waals surface area contributed by atoms with Gasteiger partial charge in [-0.25, -0.2) is 0 Å². The summed E-state index contributed by atoms with van der Waals surface area (Å²) in [6, 6.07) is 3.65. The number of ether oxygens (including phenoxy) is 1. The SMILES string of the molecule is COc1cc(C)c(Cl)cc1CC(=O)N1CCN(C(=O)C(C)(C)C)CC1. The first-order valence-electron chi connectivity index (χ1n) is 8.53. The molecule has 1 aliphatic heterocycles. The smallest absolute Gasteiger partial charge is 0.228 e. The minimum atomic E-state index is -0.391. The molecule has 0 saturated carbocycles. The Morgan fingerprint density at radius 3 is 2.20 bits per heavy atom. The van der Waals surface area contributed by atoms with Crippen molar-refractivity contribution < 1.29 is 14.3 Å². The first-order chi connectivity index (χ1) is 11.6. The first kappa shape index (κ1) is 19.6. The summed E-state index contributed by atoms with van der Waals surface area (Å²) in [7, 11) is 1.59. The average molecular weight is 367 g/mol. The summed E-state index contributed by atoms with van der Waals surface area (Å²) >= 11 is 6.18. The van der Waals surface area contributed by atoms with Gasteiger partial charge in [0.05, 0.1) is 13.5 Å². The lowest BCUT2D eigenvalue weighted by atomic mass is 9.94. The van der Waals surface area contributed by atoms with Crippen molar-refractivity contribution in [3.63, 3.8) is 0 Å². The summed E-state index contributed by atoms with van der Waals surface area (Å²) in [5, 5.41) is 0.629. The van der Waals surface area contributed by atoms with Crippen LogP contribution in [0.2, 0.25) is 5.02 Å². The number of rotatable bonds is 3. The Kier molecular flexibility index (Phi) is 5.99. The highest BCUT2D eigenvalue weighted by molar-refractivity contribution is 6.31. The van der Waals surface area contributed by atoms with Crippen molar-refractivity contribution in [2.45, 2.75) is 34.1 Å². The van der Waals surface area contributed by atoms with Gasteiger partial charge in [0.25, 0.3) is 0 Å². The third kappa shape index (κ3) is 4.66. The second kappa shape index (κ2) is 7.65. The third-order valence-corrected chi connectivity index (χ3v) is 4.87. The minimum absolute atomic E-state index is 0.0288. The lowest BCUT2D eigenvalue weighted by molar-refractivity contribution is -0.144. The van der Waals surface area contributed by atoms with E-state index >= 15 is 0 Å². The van der Waals surface area contributed by atoms with Crippen molar-refractivity contribution >= 4 is 23.4 Å². The highest BCUT2D eigenvalue weighted by atomic mass is 35.5. The molecule has 138 valence electrons. The molecule has 6 heteroatoms. The summed E-state index contributed by atoms with van der Waals surface area (Å²) in [6.45, 7) is 9.93. The molecule has 0 radical (unpaired) electrons. The van der Waals surface area contributed by atoms with E-state index in [1.165, 1.54) is 0 Å². The van der Waals surface area contributed by atoms with E-state index in [1.807, 2.05) is 38.7 Å². The van der Waals surface area contributed by atoms with Gasteiger partial charge in [-0.3, -0.25) is 9.59 Å². The molecule has 2 amide bonds. The van der Waals surface area contributed by atoms with Crippen LogP contribution in [0, 0.1) is 12.3 Å². The van der Waals surface area contributed by atoms with Crippen molar-refractivity contribution in [1.29, 1.82) is 0 Å². The molecule has 5 nitrogen and oxygen atoms in total. The molecule has 0 spiro atoms. The predicted molar refractivity (Wildman–Crippen MR) is 99.1 cm³/mol. The number of carbonyl (C=O) groups excluding carboxylic acids is 2. The van der Waals surface area contributed by atoms with E-state index in [-0.39, 0.29) is 18.2 Å². The van der Waals surface area contributed by atoms with Crippen LogP contribution in [0.25, 0.3) is 0 Å². The van der Waals surface area contributed by atoms with Gasteiger partial charge in [0.2, 0.25) is 11.8 Å². The highest BCUT2D eigenvalue weighted by Gasteiger charge is 2.31. The van der Waals surface area contributed by atoms with Crippen LogP contribution in [0.5, 0.6) is 5.75 Å². The number of hydrogen-bond acceptors (Lipinski definition) is 3. The summed E-state index contributed by atoms with van der Waals surface area (Å²) in [5.74, 6) is 0.837. The third-order valence-electron chi connectivity index (χ3n) is 4.46. The molecule has 1 heterocycles. The van der Waals surface area contributed by atoms with E-state index in [9.17, 15) is 9.59 Å². The van der Waals surface area contributed by atoms with Crippen LogP contribution in [0.4, 0.5) is 0 Å². The number of carbonyl (C=O) groups is 2. The molecule has 0 N–H and O–H groups in total. The van der Waals surface area contributed by atoms with Crippen molar-refractivity contribution in [3.05, 3.63) is 28.3 Å². The molecule has 1 aromatic carbocycles. The summed E-state index contributed by atoms with van der Waals surface area (Å²) in [4.78, 5) is 28.6. The number of benzene rings is 1. The summed E-state index contributed by atoms with van der Waals surface area (Å²) < 4.78 is 5.37. The second-order valence-corrected chi connectivity index (χ2v) is 7.92. The van der Waals surface area contributed by atoms with Gasteiger partial charge >= 0.3 is 0 Å². The van der Waals surface area contributed by atoms with Gasteiger partial charge in [-0.2, -0.15) is 0 Å². The lowest BCUT2D eigenvalue weighted by Gasteiger charge is -2.37. The molecule has 2 rings (SSSR count). The molecule has 1 saturated heterocycles. The van der Waals surface area contributed by atoms with Gasteiger partial charge in [-0.15, -0.1) is 0 Å². The van der Waals surface area contributed by atoms with Gasteiger partial charge < -0.3 is 14.5 Å². The maximum Gasteiger partial charge on any atom is 0.228 e. The van der Waals surface area contributed by atoms with E-state index in [1.54, 1.807) is 18.1 Å². The monoisotopic (exact) mass is 366 g/mol. The Bertz CT molecular complexity index is 659. The topological polar surface area (TPSA) is 49.9 Å². The number of hydrogen-bond donors (Lipinski definition) is 0. The minimum Gasteiger partial charge on any atom is -0.496 e. The number of methoxy groups -OCH3 is 1. The van der Waals surface area contributed by atoms with Gasteiger partial charge in [0, 0.05) is 42.2 Å². The number of nitrogens with zero attached hydrogens (tertiary/aromatic N) is 2. The fourth-order valence-corrected chi connectivity index (χ4v) is 3.12. The Hall–Kier alpha value is -1.75. The summed E-state index contributed by atoms with van der Waals surface area (Å²) in [5.41, 5.74) is 1.32. The number of piperazine rings is 1. The van der Waals surface area contributed by atoms with Gasteiger partial charge in [-0.1, -0.05) is 32.4 Å². The molecule has 0 unspecified atom stereocenters. The highest BCUT2D eigenvalue weighted by Crippen LogP contribution is 2.27. The Morgan fingerprint density at radius 2 is 1.68 bits per heavy atom. The van der Waals surface area contributed by atoms with Crippen LogP contribution in [0.1, 0.15) is 31.9 Å². The van der Waals surface area contributed by atoms with E-state index < -0.39 is 5.41 Å². The number of halogens is 1. The molecule has 0 bridgehead atoms. The van der Waals surface area contributed by atoms with Crippen molar-refractivity contribution in [1.82, 2.24) is 9.80 Å². The first-order valence-corrected chi connectivity index (χ1v) is 8.91. The standard InChI is InChI=1S/C19H27ClN2O3/c1-13-10-16(25-5)14(11-15(13)20)12-17(23)21-6-8-22(9-7-21)18(24)19(2,3)4/h10-11H,6-9,12H2,1-5H3. The van der Waals surface area contributed by atoms with Crippen LogP contribution in [-0.4, -0.2) is 54.9 Å². The number of amides is 2. The zero-order chi connectivity index (χ0) is 18.8. The molecule has 0 aromatic heterocycles. The maximum absolute atomic E-state index is 12.6. The Morgan fingerprint density at radius 1 is 1.12 bits per heavy atom. The number of aryl methyl sites for hydroxylation is 1. The van der Waals surface area contributed by atoms with Crippen LogP contribution in [-0.2, 0) is 16.0 Å². The predicted octanol–water partition coefficient (Wildman–Crippen LogP) is 2.92. The molecule has 1 fully saturated rings. The van der Waals surface area contributed by atoms with Crippen LogP contribution >= 0.6 is 11.6 Å². The van der Waals surface area contributed by atoms with E-state index in [2.05, 4.69) is 0 Å². The normalized spacial score (nSPS) is 15.3. The van der Waals surface area contributed by atoms with Crippen LogP contribution < -0.4 is 4.74 Å². The van der Waals surface area contributed by atoms with Gasteiger partial charge in [0.15, 0.2) is 0 Å². The van der Waals surface area contributed by atoms with Crippen LogP contribution in [0.3, 0.4) is 0 Å².